The van der Waals surface area contributed by atoms with Gasteiger partial charge in [0.15, 0.2) is 0 Å². The third-order valence-corrected chi connectivity index (χ3v) is 8.82. The third-order valence-electron chi connectivity index (χ3n) is 8.51. The van der Waals surface area contributed by atoms with Gasteiger partial charge in [0.25, 0.3) is 0 Å². The number of aromatic nitrogens is 3. The molecule has 0 aliphatic carbocycles. The summed E-state index contributed by atoms with van der Waals surface area (Å²) < 4.78 is 28.2. The van der Waals surface area contributed by atoms with Crippen molar-refractivity contribution in [3.05, 3.63) is 82.0 Å². The average Bonchev–Trinajstić information content (AvgIpc) is 3.45. The Balaban J connectivity index is 1.43. The number of rotatable bonds is 10. The normalized spacial score (nSPS) is 13.8. The van der Waals surface area contributed by atoms with Gasteiger partial charge < -0.3 is 19.4 Å². The van der Waals surface area contributed by atoms with Gasteiger partial charge in [0.1, 0.15) is 22.9 Å². The summed E-state index contributed by atoms with van der Waals surface area (Å²) in [6, 6.07) is 14.3. The summed E-state index contributed by atoms with van der Waals surface area (Å²) in [6.07, 6.45) is 2.17. The van der Waals surface area contributed by atoms with Crippen molar-refractivity contribution >= 4 is 39.2 Å². The minimum atomic E-state index is -0.664. The Kier molecular flexibility index (Phi) is 8.63. The van der Waals surface area contributed by atoms with Gasteiger partial charge in [0.05, 0.1) is 22.8 Å². The first-order valence-electron chi connectivity index (χ1n) is 15.6. The van der Waals surface area contributed by atoms with E-state index in [1.165, 1.54) is 12.1 Å². The highest BCUT2D eigenvalue weighted by molar-refractivity contribution is 6.35. The summed E-state index contributed by atoms with van der Waals surface area (Å²) in [6.45, 7) is 12.7. The largest absolute Gasteiger partial charge is 0.493 e. The van der Waals surface area contributed by atoms with Crippen LogP contribution in [0.2, 0.25) is 5.02 Å². The number of carbonyl (C=O) groups is 1. The Bertz CT molecular complexity index is 1860. The van der Waals surface area contributed by atoms with Crippen LogP contribution in [0.25, 0.3) is 32.8 Å². The molecular formula is C36H40ClFN4O3. The van der Waals surface area contributed by atoms with Crippen LogP contribution in [0.3, 0.4) is 0 Å². The topological polar surface area (TPSA) is 81.2 Å². The Morgan fingerprint density at radius 2 is 1.87 bits per heavy atom. The molecule has 1 fully saturated rings. The molecule has 9 heteroatoms. The van der Waals surface area contributed by atoms with E-state index in [1.807, 2.05) is 65.0 Å². The molecular weight excluding hydrogens is 591 g/mol. The van der Waals surface area contributed by atoms with Gasteiger partial charge in [-0.25, -0.2) is 9.18 Å². The van der Waals surface area contributed by atoms with E-state index in [-0.39, 0.29) is 11.8 Å². The second-order valence-corrected chi connectivity index (χ2v) is 13.4. The average molecular weight is 631 g/mol. The molecule has 0 atom stereocenters. The molecule has 236 valence electrons. The fourth-order valence-electron chi connectivity index (χ4n) is 6.33. The van der Waals surface area contributed by atoms with E-state index in [0.717, 1.165) is 69.3 Å². The molecule has 0 radical (unpaired) electrons. The van der Waals surface area contributed by atoms with Crippen molar-refractivity contribution in [2.45, 2.75) is 66.0 Å². The number of esters is 1. The van der Waals surface area contributed by atoms with Crippen LogP contribution in [0.5, 0.6) is 5.75 Å². The van der Waals surface area contributed by atoms with Gasteiger partial charge >= 0.3 is 5.97 Å². The zero-order valence-corrected chi connectivity index (χ0v) is 27.3. The van der Waals surface area contributed by atoms with Crippen LogP contribution < -0.4 is 10.1 Å². The monoisotopic (exact) mass is 630 g/mol. The van der Waals surface area contributed by atoms with Gasteiger partial charge in [-0.1, -0.05) is 29.8 Å². The maximum atomic E-state index is 14.1. The Morgan fingerprint density at radius 3 is 2.56 bits per heavy atom. The molecule has 0 spiro atoms. The second-order valence-electron chi connectivity index (χ2n) is 13.0. The van der Waals surface area contributed by atoms with E-state index >= 15 is 0 Å². The third kappa shape index (κ3) is 6.31. The molecule has 5 aromatic rings. The maximum Gasteiger partial charge on any atom is 0.355 e. The molecule has 0 unspecified atom stereocenters. The number of H-pyrrole nitrogens is 1. The van der Waals surface area contributed by atoms with Crippen molar-refractivity contribution in [3.63, 3.8) is 0 Å². The molecule has 0 saturated carbocycles. The number of hydrogen-bond acceptors (Lipinski definition) is 5. The van der Waals surface area contributed by atoms with E-state index in [9.17, 15) is 9.18 Å². The van der Waals surface area contributed by atoms with Crippen LogP contribution in [0.15, 0.2) is 48.5 Å². The van der Waals surface area contributed by atoms with Gasteiger partial charge in [-0.2, -0.15) is 5.10 Å². The zero-order chi connectivity index (χ0) is 31.9. The summed E-state index contributed by atoms with van der Waals surface area (Å²) in [5.41, 5.74) is 5.34. The lowest BCUT2D eigenvalue weighted by Gasteiger charge is -2.28. The molecule has 0 bridgehead atoms. The van der Waals surface area contributed by atoms with E-state index in [0.29, 0.717) is 48.4 Å². The molecule has 3 aromatic carbocycles. The fraction of sp³-hybridized carbons (Fsp3) is 0.389. The van der Waals surface area contributed by atoms with Gasteiger partial charge in [-0.3, -0.25) is 5.10 Å². The van der Waals surface area contributed by atoms with Crippen molar-refractivity contribution in [1.82, 2.24) is 20.1 Å². The van der Waals surface area contributed by atoms with Crippen molar-refractivity contribution in [1.29, 1.82) is 0 Å². The van der Waals surface area contributed by atoms with E-state index in [2.05, 4.69) is 20.1 Å². The predicted molar refractivity (Wildman–Crippen MR) is 178 cm³/mol. The first-order valence-corrected chi connectivity index (χ1v) is 16.0. The lowest BCUT2D eigenvalue weighted by Crippen LogP contribution is -2.42. The van der Waals surface area contributed by atoms with Crippen LogP contribution in [0.4, 0.5) is 4.39 Å². The molecule has 2 aromatic heterocycles. The van der Waals surface area contributed by atoms with Crippen LogP contribution in [0.1, 0.15) is 61.1 Å². The highest BCUT2D eigenvalue weighted by atomic mass is 35.5. The lowest BCUT2D eigenvalue weighted by atomic mass is 9.98. The summed E-state index contributed by atoms with van der Waals surface area (Å²) in [5, 5.41) is 14.2. The van der Waals surface area contributed by atoms with Crippen LogP contribution in [-0.4, -0.2) is 46.0 Å². The molecule has 7 nitrogen and oxygen atoms in total. The van der Waals surface area contributed by atoms with Crippen LogP contribution >= 0.6 is 11.6 Å². The SMILES string of the molecule is Cc1n[nH]c(C)c1-c1c(Cl)ccc2c(CCCOc3cccc4cc(F)ccc34)c(C(=O)OC(C)(C)C)n(CCC3CNC3)c12. The quantitative estimate of drug-likeness (QED) is 0.120. The number of fused-ring (bicyclic) bond motifs is 2. The number of nitrogens with zero attached hydrogens (tertiary/aromatic N) is 2. The summed E-state index contributed by atoms with van der Waals surface area (Å²) in [5.74, 6) is 0.621. The highest BCUT2D eigenvalue weighted by Crippen LogP contribution is 2.42. The second kappa shape index (κ2) is 12.5. The number of hydrogen-bond donors (Lipinski definition) is 2. The number of benzene rings is 3. The van der Waals surface area contributed by atoms with Crippen LogP contribution in [-0.2, 0) is 17.7 Å². The molecule has 1 aliphatic rings. The molecule has 0 amide bonds. The standard InChI is InChI=1S/C36H40ClFN4O3/c1-21-31(22(2)41-40-21)32-29(37)14-13-28-27(9-7-17-44-30-10-6-8-24-18-25(38)11-12-26(24)30)34(35(43)45-36(3,4)5)42(33(28)32)16-15-23-19-39-20-23/h6,8,10-14,18,23,39H,7,9,15-17,19-20H2,1-5H3,(H,40,41). The first-order chi connectivity index (χ1) is 21.5. The van der Waals surface area contributed by atoms with Gasteiger partial charge in [0.2, 0.25) is 0 Å². The molecule has 45 heavy (non-hydrogen) atoms. The predicted octanol–water partition coefficient (Wildman–Crippen LogP) is 8.17. The first kappa shape index (κ1) is 31.1. The van der Waals surface area contributed by atoms with Crippen molar-refractivity contribution in [3.8, 4) is 16.9 Å². The van der Waals surface area contributed by atoms with Crippen molar-refractivity contribution in [2.75, 3.05) is 19.7 Å². The summed E-state index contributed by atoms with van der Waals surface area (Å²) in [4.78, 5) is 14.1. The van der Waals surface area contributed by atoms with E-state index in [1.54, 1.807) is 6.07 Å². The van der Waals surface area contributed by atoms with Gasteiger partial charge in [-0.05, 0) is 114 Å². The summed E-state index contributed by atoms with van der Waals surface area (Å²) in [7, 11) is 0. The number of nitrogens with one attached hydrogen (secondary N) is 2. The van der Waals surface area contributed by atoms with Gasteiger partial charge in [-0.15, -0.1) is 0 Å². The number of aromatic amines is 1. The van der Waals surface area contributed by atoms with Gasteiger partial charge in [0, 0.05) is 34.1 Å². The Labute approximate surface area is 268 Å². The molecule has 6 rings (SSSR count). The van der Waals surface area contributed by atoms with Crippen LogP contribution in [0, 0.1) is 25.6 Å². The lowest BCUT2D eigenvalue weighted by molar-refractivity contribution is 0.00563. The molecule has 1 saturated heterocycles. The number of aryl methyl sites for hydroxylation is 4. The fourth-order valence-corrected chi connectivity index (χ4v) is 6.58. The highest BCUT2D eigenvalue weighted by Gasteiger charge is 2.31. The van der Waals surface area contributed by atoms with Crippen molar-refractivity contribution < 1.29 is 18.7 Å². The zero-order valence-electron chi connectivity index (χ0n) is 26.5. The number of halogens is 2. The molecule has 1 aliphatic heterocycles. The minimum Gasteiger partial charge on any atom is -0.493 e. The molecule has 3 heterocycles. The minimum absolute atomic E-state index is 0.278. The van der Waals surface area contributed by atoms with E-state index in [4.69, 9.17) is 21.1 Å². The Morgan fingerprint density at radius 1 is 1.09 bits per heavy atom. The summed E-state index contributed by atoms with van der Waals surface area (Å²) >= 11 is 6.99. The number of ether oxygens (including phenoxy) is 2. The van der Waals surface area contributed by atoms with E-state index < -0.39 is 5.60 Å². The Hall–Kier alpha value is -3.88. The maximum absolute atomic E-state index is 14.1. The molecule has 2 N–H and O–H groups in total. The smallest absolute Gasteiger partial charge is 0.355 e. The number of carbonyl (C=O) groups excluding carboxylic acids is 1. The van der Waals surface area contributed by atoms with Crippen molar-refractivity contribution in [2.24, 2.45) is 5.92 Å².